The van der Waals surface area contributed by atoms with Gasteiger partial charge in [-0.05, 0) is 24.3 Å². The molecule has 0 fully saturated rings. The van der Waals surface area contributed by atoms with Crippen molar-refractivity contribution in [3.63, 3.8) is 0 Å². The Morgan fingerprint density at radius 2 is 1.80 bits per heavy atom. The number of halogens is 3. The molecule has 0 atom stereocenters. The lowest BCUT2D eigenvalue weighted by molar-refractivity contribution is -0.119. The summed E-state index contributed by atoms with van der Waals surface area (Å²) in [5.74, 6) is -1.14. The van der Waals surface area contributed by atoms with E-state index >= 15 is 0 Å². The van der Waals surface area contributed by atoms with Crippen LogP contribution >= 0.6 is 46.1 Å². The first-order valence-electron chi connectivity index (χ1n) is 7.05. The van der Waals surface area contributed by atoms with Gasteiger partial charge >= 0.3 is 5.97 Å². The van der Waals surface area contributed by atoms with Crippen molar-refractivity contribution in [3.8, 4) is 0 Å². The van der Waals surface area contributed by atoms with E-state index in [1.165, 1.54) is 17.4 Å². The molecule has 0 aliphatic rings. The number of nitrogens with one attached hydrogen (secondary N) is 1. The van der Waals surface area contributed by atoms with E-state index in [1.807, 2.05) is 24.3 Å². The van der Waals surface area contributed by atoms with E-state index in [9.17, 15) is 9.59 Å². The Morgan fingerprint density at radius 3 is 2.52 bits per heavy atom. The Kier molecular flexibility index (Phi) is 5.49. The van der Waals surface area contributed by atoms with E-state index in [4.69, 9.17) is 39.5 Å². The van der Waals surface area contributed by atoms with Gasteiger partial charge < -0.3 is 10.1 Å². The lowest BCUT2D eigenvalue weighted by Crippen LogP contribution is -2.20. The van der Waals surface area contributed by atoms with Crippen LogP contribution in [-0.4, -0.2) is 18.5 Å². The normalized spacial score (nSPS) is 10.7. The average molecular weight is 415 g/mol. The van der Waals surface area contributed by atoms with Crippen LogP contribution in [0.25, 0.3) is 10.1 Å². The van der Waals surface area contributed by atoms with Gasteiger partial charge in [-0.25, -0.2) is 4.79 Å². The molecule has 1 heterocycles. The molecule has 1 N–H and O–H groups in total. The molecule has 3 rings (SSSR count). The fraction of sp³-hybridized carbons (Fsp3) is 0.0588. The monoisotopic (exact) mass is 413 g/mol. The van der Waals surface area contributed by atoms with Crippen LogP contribution in [-0.2, 0) is 9.53 Å². The second-order valence-corrected chi connectivity index (χ2v) is 7.24. The van der Waals surface area contributed by atoms with Gasteiger partial charge in [-0.3, -0.25) is 4.79 Å². The van der Waals surface area contributed by atoms with E-state index in [0.717, 1.165) is 10.1 Å². The molecule has 3 aromatic rings. The smallest absolute Gasteiger partial charge is 0.350 e. The van der Waals surface area contributed by atoms with Crippen LogP contribution in [0, 0.1) is 0 Å². The summed E-state index contributed by atoms with van der Waals surface area (Å²) in [7, 11) is 0. The molecule has 1 amide bonds. The minimum atomic E-state index is -0.643. The van der Waals surface area contributed by atoms with Gasteiger partial charge in [0.1, 0.15) is 4.88 Å². The molecule has 0 unspecified atom stereocenters. The molecule has 2 aromatic carbocycles. The van der Waals surface area contributed by atoms with Crippen LogP contribution in [0.5, 0.6) is 0 Å². The number of hydrogen-bond acceptors (Lipinski definition) is 4. The molecule has 0 bridgehead atoms. The zero-order valence-electron chi connectivity index (χ0n) is 12.5. The maximum absolute atomic E-state index is 12.2. The molecule has 8 heteroatoms. The van der Waals surface area contributed by atoms with Crippen LogP contribution in [0.2, 0.25) is 15.1 Å². The molecule has 25 heavy (non-hydrogen) atoms. The first kappa shape index (κ1) is 18.0. The topological polar surface area (TPSA) is 55.4 Å². The molecule has 1 aromatic heterocycles. The van der Waals surface area contributed by atoms with Crippen molar-refractivity contribution in [2.75, 3.05) is 11.9 Å². The molecule has 0 spiro atoms. The zero-order valence-corrected chi connectivity index (χ0v) is 15.6. The van der Waals surface area contributed by atoms with E-state index in [-0.39, 0.29) is 4.88 Å². The molecule has 0 saturated carbocycles. The molecule has 128 valence electrons. The number of benzene rings is 2. The lowest BCUT2D eigenvalue weighted by Gasteiger charge is -2.07. The summed E-state index contributed by atoms with van der Waals surface area (Å²) in [6.45, 7) is -0.441. The van der Waals surface area contributed by atoms with Gasteiger partial charge in [-0.2, -0.15) is 0 Å². The summed E-state index contributed by atoms with van der Waals surface area (Å²) in [4.78, 5) is 24.4. The van der Waals surface area contributed by atoms with Crippen molar-refractivity contribution in [1.82, 2.24) is 0 Å². The number of carbonyl (C=O) groups is 2. The van der Waals surface area contributed by atoms with E-state index in [2.05, 4.69) is 5.32 Å². The van der Waals surface area contributed by atoms with Crippen molar-refractivity contribution in [1.29, 1.82) is 0 Å². The summed E-state index contributed by atoms with van der Waals surface area (Å²) >= 11 is 19.1. The van der Waals surface area contributed by atoms with Gasteiger partial charge in [0.05, 0.1) is 15.1 Å². The Balaban J connectivity index is 1.64. The first-order chi connectivity index (χ1) is 12.0. The van der Waals surface area contributed by atoms with Crippen molar-refractivity contribution in [2.24, 2.45) is 0 Å². The number of carbonyl (C=O) groups excluding carboxylic acids is 2. The number of hydrogen-bond donors (Lipinski definition) is 1. The highest BCUT2D eigenvalue weighted by molar-refractivity contribution is 7.21. The molecule has 0 aliphatic heterocycles. The Hall–Kier alpha value is -1.79. The Morgan fingerprint density at radius 1 is 1.04 bits per heavy atom. The van der Waals surface area contributed by atoms with Crippen molar-refractivity contribution < 1.29 is 14.3 Å². The number of amides is 1. The highest BCUT2D eigenvalue weighted by Crippen LogP contribution is 2.35. The second-order valence-electron chi connectivity index (χ2n) is 4.99. The van der Waals surface area contributed by atoms with Gasteiger partial charge in [0, 0.05) is 15.8 Å². The molecular formula is C17H10Cl3NO3S. The van der Waals surface area contributed by atoms with Gasteiger partial charge in [0.2, 0.25) is 0 Å². The zero-order chi connectivity index (χ0) is 18.0. The van der Waals surface area contributed by atoms with Gasteiger partial charge in [0.15, 0.2) is 6.61 Å². The molecule has 0 aliphatic carbocycles. The average Bonchev–Trinajstić information content (AvgIpc) is 2.93. The number of ether oxygens (including phenoxy) is 1. The maximum Gasteiger partial charge on any atom is 0.350 e. The van der Waals surface area contributed by atoms with Crippen LogP contribution in [0.15, 0.2) is 42.5 Å². The van der Waals surface area contributed by atoms with E-state index in [0.29, 0.717) is 20.8 Å². The first-order valence-corrected chi connectivity index (χ1v) is 9.00. The molecular weight excluding hydrogens is 405 g/mol. The van der Waals surface area contributed by atoms with E-state index in [1.54, 1.807) is 12.1 Å². The summed E-state index contributed by atoms with van der Waals surface area (Å²) < 4.78 is 5.92. The van der Waals surface area contributed by atoms with Crippen LogP contribution in [0.4, 0.5) is 5.69 Å². The minimum Gasteiger partial charge on any atom is -0.451 e. The quantitative estimate of drug-likeness (QED) is 0.561. The molecule has 4 nitrogen and oxygen atoms in total. The summed E-state index contributed by atoms with van der Waals surface area (Å²) in [6.07, 6.45) is 0. The van der Waals surface area contributed by atoms with Crippen molar-refractivity contribution in [2.45, 2.75) is 0 Å². The third kappa shape index (κ3) is 4.07. The third-order valence-electron chi connectivity index (χ3n) is 3.26. The number of thiophene rings is 1. The maximum atomic E-state index is 12.2. The predicted octanol–water partition coefficient (Wildman–Crippen LogP) is 5.66. The fourth-order valence-electron chi connectivity index (χ4n) is 2.11. The number of rotatable bonds is 4. The molecule has 0 radical (unpaired) electrons. The largest absolute Gasteiger partial charge is 0.451 e. The predicted molar refractivity (Wildman–Crippen MR) is 102 cm³/mol. The van der Waals surface area contributed by atoms with Gasteiger partial charge in [-0.15, -0.1) is 11.3 Å². The van der Waals surface area contributed by atoms with Crippen molar-refractivity contribution in [3.05, 3.63) is 62.4 Å². The van der Waals surface area contributed by atoms with Crippen LogP contribution < -0.4 is 5.32 Å². The van der Waals surface area contributed by atoms with Gasteiger partial charge in [-0.1, -0.05) is 53.0 Å². The highest BCUT2D eigenvalue weighted by atomic mass is 35.5. The van der Waals surface area contributed by atoms with E-state index < -0.39 is 18.5 Å². The Bertz CT molecular complexity index is 971. The molecule has 0 saturated heterocycles. The highest BCUT2D eigenvalue weighted by Gasteiger charge is 2.19. The van der Waals surface area contributed by atoms with Crippen LogP contribution in [0.3, 0.4) is 0 Å². The van der Waals surface area contributed by atoms with Crippen LogP contribution in [0.1, 0.15) is 9.67 Å². The number of esters is 1. The Labute approximate surface area is 162 Å². The number of anilines is 1. The SMILES string of the molecule is O=C(COC(=O)c1sc2ccccc2c1Cl)Nc1ccc(Cl)c(Cl)c1. The summed E-state index contributed by atoms with van der Waals surface area (Å²) in [5, 5.41) is 4.37. The fourth-order valence-corrected chi connectivity index (χ4v) is 3.81. The summed E-state index contributed by atoms with van der Waals surface area (Å²) in [5.41, 5.74) is 0.454. The third-order valence-corrected chi connectivity index (χ3v) is 5.65. The minimum absolute atomic E-state index is 0.269. The summed E-state index contributed by atoms with van der Waals surface area (Å²) in [6, 6.07) is 12.0. The standard InChI is InChI=1S/C17H10Cl3NO3S/c18-11-6-5-9(7-12(11)19)21-14(22)8-24-17(23)16-15(20)10-3-1-2-4-13(10)25-16/h1-7H,8H2,(H,21,22). The second kappa shape index (κ2) is 7.62. The lowest BCUT2D eigenvalue weighted by atomic mass is 10.2. The number of fused-ring (bicyclic) bond motifs is 1. The van der Waals surface area contributed by atoms with Crippen molar-refractivity contribution >= 4 is 73.8 Å². The van der Waals surface area contributed by atoms with Gasteiger partial charge in [0.25, 0.3) is 5.91 Å².